The number of rotatable bonds is 4. The number of aliphatic hydroxyl groups excluding tert-OH is 1. The molecule has 1 amide bonds. The molecule has 20 heavy (non-hydrogen) atoms. The fraction of sp³-hybridized carbons (Fsp3) is 0.533. The maximum atomic E-state index is 11.9. The summed E-state index contributed by atoms with van der Waals surface area (Å²) in [6.45, 7) is 2.36. The van der Waals surface area contributed by atoms with Gasteiger partial charge in [-0.2, -0.15) is 0 Å². The van der Waals surface area contributed by atoms with Crippen LogP contribution in [0.2, 0.25) is 0 Å². The predicted molar refractivity (Wildman–Crippen MR) is 74.9 cm³/mol. The summed E-state index contributed by atoms with van der Waals surface area (Å²) in [4.78, 5) is 11.9. The van der Waals surface area contributed by atoms with E-state index in [9.17, 15) is 9.90 Å². The molecule has 2 atom stereocenters. The lowest BCUT2D eigenvalue weighted by Gasteiger charge is -2.20. The zero-order valence-electron chi connectivity index (χ0n) is 11.9. The highest BCUT2D eigenvalue weighted by molar-refractivity contribution is 5.81. The summed E-state index contributed by atoms with van der Waals surface area (Å²) in [6, 6.07) is 5.23. The molecule has 1 aromatic rings. The molecule has 1 aliphatic rings. The van der Waals surface area contributed by atoms with Crippen LogP contribution < -0.4 is 14.8 Å². The molecular formula is C15H21NO4. The minimum absolute atomic E-state index is 0.0955. The third-order valence-corrected chi connectivity index (χ3v) is 3.42. The van der Waals surface area contributed by atoms with Crippen molar-refractivity contribution < 1.29 is 19.4 Å². The number of nitrogens with one attached hydrogen (secondary N) is 1. The molecule has 1 saturated heterocycles. The van der Waals surface area contributed by atoms with Gasteiger partial charge in [-0.15, -0.1) is 0 Å². The molecule has 5 heteroatoms. The first-order valence-electron chi connectivity index (χ1n) is 6.92. The molecule has 2 rings (SSSR count). The number of methoxy groups -OCH3 is 1. The molecule has 0 spiro atoms. The Hall–Kier alpha value is -1.75. The van der Waals surface area contributed by atoms with Crippen molar-refractivity contribution in [2.45, 2.75) is 38.4 Å². The lowest BCUT2D eigenvalue weighted by atomic mass is 10.1. The molecule has 1 unspecified atom stereocenters. The first-order valence-corrected chi connectivity index (χ1v) is 6.92. The van der Waals surface area contributed by atoms with Crippen LogP contribution in [-0.2, 0) is 4.79 Å². The second kappa shape index (κ2) is 6.61. The van der Waals surface area contributed by atoms with E-state index in [1.54, 1.807) is 32.2 Å². The summed E-state index contributed by atoms with van der Waals surface area (Å²) in [5.41, 5.74) is 0.655. The quantitative estimate of drug-likeness (QED) is 0.882. The lowest BCUT2D eigenvalue weighted by molar-refractivity contribution is -0.127. The fourth-order valence-corrected chi connectivity index (χ4v) is 2.27. The molecule has 0 aliphatic carbocycles. The van der Waals surface area contributed by atoms with Crippen LogP contribution >= 0.6 is 0 Å². The highest BCUT2D eigenvalue weighted by atomic mass is 16.5. The Morgan fingerprint density at radius 2 is 2.20 bits per heavy atom. The smallest absolute Gasteiger partial charge is 0.261 e. The van der Waals surface area contributed by atoms with Gasteiger partial charge in [0.15, 0.2) is 6.10 Å². The predicted octanol–water partition coefficient (Wildman–Crippen LogP) is 1.80. The van der Waals surface area contributed by atoms with Crippen molar-refractivity contribution in [1.82, 2.24) is 5.32 Å². The average molecular weight is 279 g/mol. The van der Waals surface area contributed by atoms with E-state index in [0.717, 1.165) is 12.8 Å². The molecule has 1 aromatic carbocycles. The van der Waals surface area contributed by atoms with Crippen LogP contribution in [0.4, 0.5) is 0 Å². The van der Waals surface area contributed by atoms with Gasteiger partial charge in [0.1, 0.15) is 11.5 Å². The standard InChI is InChI=1S/C15H21NO4/c1-10(17)12-7-6-11(19-2)9-14(12)20-13-5-3-4-8-16-15(13)18/h6-7,9-10,13,17H,3-5,8H2,1-2H3,(H,16,18)/t10-,13?/m1/s1. The first-order chi connectivity index (χ1) is 9.61. The zero-order valence-corrected chi connectivity index (χ0v) is 11.9. The molecule has 1 aliphatic heterocycles. The Bertz CT molecular complexity index is 473. The van der Waals surface area contributed by atoms with Crippen molar-refractivity contribution in [3.63, 3.8) is 0 Å². The number of hydrogen-bond acceptors (Lipinski definition) is 4. The highest BCUT2D eigenvalue weighted by Crippen LogP contribution is 2.31. The number of ether oxygens (including phenoxy) is 2. The fourth-order valence-electron chi connectivity index (χ4n) is 2.27. The Morgan fingerprint density at radius 3 is 2.90 bits per heavy atom. The third kappa shape index (κ3) is 3.42. The SMILES string of the molecule is COc1ccc([C@@H](C)O)c(OC2CCCCNC2=O)c1. The first kappa shape index (κ1) is 14.7. The van der Waals surface area contributed by atoms with Gasteiger partial charge in [-0.05, 0) is 38.3 Å². The van der Waals surface area contributed by atoms with Gasteiger partial charge in [0.2, 0.25) is 0 Å². The summed E-state index contributed by atoms with van der Waals surface area (Å²) < 4.78 is 11.0. The maximum absolute atomic E-state index is 11.9. The van der Waals surface area contributed by atoms with Gasteiger partial charge in [-0.3, -0.25) is 4.79 Å². The molecule has 110 valence electrons. The van der Waals surface area contributed by atoms with Gasteiger partial charge >= 0.3 is 0 Å². The number of aliphatic hydroxyl groups is 1. The summed E-state index contributed by atoms with van der Waals surface area (Å²) in [5.74, 6) is 1.04. The van der Waals surface area contributed by atoms with Crippen LogP contribution in [0.15, 0.2) is 18.2 Å². The second-order valence-corrected chi connectivity index (χ2v) is 4.97. The number of benzene rings is 1. The molecule has 0 bridgehead atoms. The molecular weight excluding hydrogens is 258 g/mol. The van der Waals surface area contributed by atoms with Gasteiger partial charge in [0, 0.05) is 18.2 Å². The van der Waals surface area contributed by atoms with E-state index in [0.29, 0.717) is 30.0 Å². The number of amides is 1. The molecule has 0 saturated carbocycles. The van der Waals surface area contributed by atoms with Crippen molar-refractivity contribution in [1.29, 1.82) is 0 Å². The van der Waals surface area contributed by atoms with E-state index >= 15 is 0 Å². The number of carbonyl (C=O) groups excluding carboxylic acids is 1. The van der Waals surface area contributed by atoms with E-state index < -0.39 is 12.2 Å². The van der Waals surface area contributed by atoms with E-state index in [4.69, 9.17) is 9.47 Å². The topological polar surface area (TPSA) is 67.8 Å². The summed E-state index contributed by atoms with van der Waals surface area (Å²) >= 11 is 0. The minimum atomic E-state index is -0.662. The van der Waals surface area contributed by atoms with Crippen molar-refractivity contribution >= 4 is 5.91 Å². The van der Waals surface area contributed by atoms with Crippen molar-refractivity contribution in [3.05, 3.63) is 23.8 Å². The zero-order chi connectivity index (χ0) is 14.5. The van der Waals surface area contributed by atoms with E-state index in [-0.39, 0.29) is 5.91 Å². The minimum Gasteiger partial charge on any atom is -0.497 e. The van der Waals surface area contributed by atoms with Crippen LogP contribution in [0.1, 0.15) is 37.9 Å². The van der Waals surface area contributed by atoms with Crippen LogP contribution in [0, 0.1) is 0 Å². The summed E-state index contributed by atoms with van der Waals surface area (Å²) in [6.07, 6.45) is 1.42. The maximum Gasteiger partial charge on any atom is 0.261 e. The summed E-state index contributed by atoms with van der Waals surface area (Å²) in [5, 5.41) is 12.6. The van der Waals surface area contributed by atoms with Gasteiger partial charge in [0.25, 0.3) is 5.91 Å². The number of carbonyl (C=O) groups is 1. The van der Waals surface area contributed by atoms with Crippen LogP contribution in [-0.4, -0.2) is 30.8 Å². The second-order valence-electron chi connectivity index (χ2n) is 4.97. The highest BCUT2D eigenvalue weighted by Gasteiger charge is 2.24. The molecule has 0 aromatic heterocycles. The van der Waals surface area contributed by atoms with Crippen molar-refractivity contribution in [3.8, 4) is 11.5 Å². The van der Waals surface area contributed by atoms with Crippen LogP contribution in [0.3, 0.4) is 0 Å². The van der Waals surface area contributed by atoms with E-state index in [1.807, 2.05) is 0 Å². The Labute approximate surface area is 118 Å². The number of hydrogen-bond donors (Lipinski definition) is 2. The Morgan fingerprint density at radius 1 is 1.40 bits per heavy atom. The van der Waals surface area contributed by atoms with Crippen molar-refractivity contribution in [2.75, 3.05) is 13.7 Å². The summed E-state index contributed by atoms with van der Waals surface area (Å²) in [7, 11) is 1.57. The third-order valence-electron chi connectivity index (χ3n) is 3.42. The Kier molecular flexibility index (Phi) is 4.84. The largest absolute Gasteiger partial charge is 0.497 e. The molecule has 5 nitrogen and oxygen atoms in total. The van der Waals surface area contributed by atoms with Gasteiger partial charge in [-0.25, -0.2) is 0 Å². The van der Waals surface area contributed by atoms with E-state index in [1.165, 1.54) is 0 Å². The van der Waals surface area contributed by atoms with Crippen LogP contribution in [0.25, 0.3) is 0 Å². The van der Waals surface area contributed by atoms with Gasteiger partial charge < -0.3 is 19.9 Å². The van der Waals surface area contributed by atoms with Crippen molar-refractivity contribution in [2.24, 2.45) is 0 Å². The lowest BCUT2D eigenvalue weighted by Crippen LogP contribution is -2.36. The molecule has 2 N–H and O–H groups in total. The molecule has 1 heterocycles. The van der Waals surface area contributed by atoms with Gasteiger partial charge in [-0.1, -0.05) is 0 Å². The van der Waals surface area contributed by atoms with Gasteiger partial charge in [0.05, 0.1) is 13.2 Å². The molecule has 1 fully saturated rings. The average Bonchev–Trinajstić information content (AvgIpc) is 2.64. The molecule has 0 radical (unpaired) electrons. The normalized spacial score (nSPS) is 20.8. The monoisotopic (exact) mass is 279 g/mol. The Balaban J connectivity index is 2.23. The van der Waals surface area contributed by atoms with E-state index in [2.05, 4.69) is 5.32 Å². The van der Waals surface area contributed by atoms with Crippen LogP contribution in [0.5, 0.6) is 11.5 Å².